The molecule has 1 heterocycles. The average molecular weight is 366 g/mol. The molecule has 1 aromatic heterocycles. The van der Waals surface area contributed by atoms with Gasteiger partial charge in [0.1, 0.15) is 0 Å². The molecule has 0 aliphatic heterocycles. The van der Waals surface area contributed by atoms with Gasteiger partial charge in [-0.15, -0.1) is 10.2 Å². The van der Waals surface area contributed by atoms with Crippen molar-refractivity contribution in [3.05, 3.63) is 27.7 Å². The molecule has 9 heteroatoms. The molecule has 2 N–H and O–H groups in total. The molecular weight excluding hydrogens is 356 g/mol. The van der Waals surface area contributed by atoms with Crippen molar-refractivity contribution in [2.24, 2.45) is 5.14 Å². The molecule has 0 atom stereocenters. The second-order valence-electron chi connectivity index (χ2n) is 3.70. The van der Waals surface area contributed by atoms with E-state index in [1.165, 1.54) is 4.57 Å². The Bertz CT molecular complexity index is 729. The van der Waals surface area contributed by atoms with Crippen molar-refractivity contribution in [3.8, 4) is 11.4 Å². The predicted molar refractivity (Wildman–Crippen MR) is 75.2 cm³/mol. The van der Waals surface area contributed by atoms with Gasteiger partial charge >= 0.3 is 0 Å². The Morgan fingerprint density at radius 3 is 2.68 bits per heavy atom. The van der Waals surface area contributed by atoms with Gasteiger partial charge in [0.2, 0.25) is 0 Å². The predicted octanol–water partition coefficient (Wildman–Crippen LogP) is 2.03. The smallest absolute Gasteiger partial charge is 0.273 e. The maximum Gasteiger partial charge on any atom is 0.273 e. The van der Waals surface area contributed by atoms with Crippen LogP contribution < -0.4 is 5.14 Å². The topological polar surface area (TPSA) is 90.9 Å². The van der Waals surface area contributed by atoms with Crippen molar-refractivity contribution in [1.82, 2.24) is 14.8 Å². The molecular formula is C10H10BrClN4O2S. The van der Waals surface area contributed by atoms with E-state index < -0.39 is 10.0 Å². The molecule has 0 saturated carbocycles. The van der Waals surface area contributed by atoms with E-state index in [-0.39, 0.29) is 5.16 Å². The third-order valence-electron chi connectivity index (χ3n) is 2.48. The number of hydrogen-bond acceptors (Lipinski definition) is 4. The van der Waals surface area contributed by atoms with Gasteiger partial charge in [0.15, 0.2) is 5.82 Å². The number of primary sulfonamides is 1. The zero-order valence-electron chi connectivity index (χ0n) is 9.84. The maximum absolute atomic E-state index is 11.4. The lowest BCUT2D eigenvalue weighted by Crippen LogP contribution is -2.18. The Kier molecular flexibility index (Phi) is 3.95. The number of aromatic nitrogens is 3. The molecule has 0 radical (unpaired) electrons. The molecule has 1 aromatic carbocycles. The maximum atomic E-state index is 11.4. The largest absolute Gasteiger partial charge is 0.297 e. The first-order valence-electron chi connectivity index (χ1n) is 5.26. The zero-order chi connectivity index (χ0) is 14.2. The molecule has 2 aromatic rings. The lowest BCUT2D eigenvalue weighted by atomic mass is 10.2. The molecule has 19 heavy (non-hydrogen) atoms. The fourth-order valence-electron chi connectivity index (χ4n) is 1.66. The minimum atomic E-state index is -3.92. The third kappa shape index (κ3) is 2.66. The minimum Gasteiger partial charge on any atom is -0.297 e. The average Bonchev–Trinajstić information content (AvgIpc) is 2.76. The lowest BCUT2D eigenvalue weighted by Gasteiger charge is -2.08. The van der Waals surface area contributed by atoms with E-state index in [0.717, 1.165) is 0 Å². The number of nitrogens with two attached hydrogens (primary N) is 1. The van der Waals surface area contributed by atoms with Crippen LogP contribution in [0.1, 0.15) is 6.92 Å². The van der Waals surface area contributed by atoms with Crippen molar-refractivity contribution < 1.29 is 8.42 Å². The van der Waals surface area contributed by atoms with Gasteiger partial charge in [-0.1, -0.05) is 17.7 Å². The molecule has 0 aliphatic rings. The van der Waals surface area contributed by atoms with Crippen LogP contribution in [-0.4, -0.2) is 23.2 Å². The molecule has 6 nitrogen and oxygen atoms in total. The molecule has 0 amide bonds. The van der Waals surface area contributed by atoms with Crippen LogP contribution >= 0.6 is 27.5 Å². The second kappa shape index (κ2) is 5.20. The molecule has 0 aliphatic carbocycles. The van der Waals surface area contributed by atoms with Crippen LogP contribution in [0, 0.1) is 0 Å². The Balaban J connectivity index is 2.71. The van der Waals surface area contributed by atoms with Crippen LogP contribution in [0.2, 0.25) is 5.02 Å². The van der Waals surface area contributed by atoms with E-state index in [0.29, 0.717) is 27.4 Å². The number of halogens is 2. The number of nitrogens with zero attached hydrogens (tertiary/aromatic N) is 3. The Labute approximate surface area is 123 Å². The van der Waals surface area contributed by atoms with Crippen LogP contribution in [0.3, 0.4) is 0 Å². The van der Waals surface area contributed by atoms with E-state index in [1.54, 1.807) is 25.1 Å². The lowest BCUT2D eigenvalue weighted by molar-refractivity contribution is 0.571. The SMILES string of the molecule is CCn1c(-c2cccc(Br)c2Cl)nnc1S(N)(=O)=O. The highest BCUT2D eigenvalue weighted by atomic mass is 79.9. The van der Waals surface area contributed by atoms with Crippen LogP contribution in [0.5, 0.6) is 0 Å². The molecule has 0 unspecified atom stereocenters. The van der Waals surface area contributed by atoms with Gasteiger partial charge in [-0.25, -0.2) is 13.6 Å². The first-order chi connectivity index (χ1) is 8.86. The summed E-state index contributed by atoms with van der Waals surface area (Å²) in [6, 6.07) is 5.28. The number of sulfonamides is 1. The first-order valence-corrected chi connectivity index (χ1v) is 7.98. The van der Waals surface area contributed by atoms with Crippen molar-refractivity contribution in [1.29, 1.82) is 0 Å². The Morgan fingerprint density at radius 2 is 2.11 bits per heavy atom. The summed E-state index contributed by atoms with van der Waals surface area (Å²) in [7, 11) is -3.92. The summed E-state index contributed by atoms with van der Waals surface area (Å²) in [5.41, 5.74) is 0.584. The summed E-state index contributed by atoms with van der Waals surface area (Å²) in [6.07, 6.45) is 0. The fourth-order valence-corrected chi connectivity index (χ4v) is 2.91. The number of rotatable bonds is 3. The van der Waals surface area contributed by atoms with Crippen LogP contribution in [-0.2, 0) is 16.6 Å². The molecule has 102 valence electrons. The van der Waals surface area contributed by atoms with Crippen molar-refractivity contribution in [3.63, 3.8) is 0 Å². The van der Waals surface area contributed by atoms with Crippen molar-refractivity contribution in [2.45, 2.75) is 18.6 Å². The summed E-state index contributed by atoms with van der Waals surface area (Å²) >= 11 is 9.48. The Hall–Kier alpha value is -0.960. The summed E-state index contributed by atoms with van der Waals surface area (Å²) in [5.74, 6) is 0.359. The normalized spacial score (nSPS) is 11.8. The van der Waals surface area contributed by atoms with E-state index in [9.17, 15) is 8.42 Å². The first kappa shape index (κ1) is 14.4. The quantitative estimate of drug-likeness (QED) is 0.901. The monoisotopic (exact) mass is 364 g/mol. The van der Waals surface area contributed by atoms with Gasteiger partial charge in [0.25, 0.3) is 15.2 Å². The van der Waals surface area contributed by atoms with Gasteiger partial charge in [0.05, 0.1) is 5.02 Å². The standard InChI is InChI=1S/C10H10BrClN4O2S/c1-2-16-9(14-15-10(16)19(13,17)18)6-4-3-5-7(11)8(6)12/h3-5H,2H2,1H3,(H2,13,17,18). The molecule has 0 bridgehead atoms. The number of benzene rings is 1. The number of hydrogen-bond donors (Lipinski definition) is 1. The Morgan fingerprint density at radius 1 is 1.42 bits per heavy atom. The van der Waals surface area contributed by atoms with E-state index >= 15 is 0 Å². The van der Waals surface area contributed by atoms with Gasteiger partial charge in [-0.05, 0) is 35.0 Å². The highest BCUT2D eigenvalue weighted by Gasteiger charge is 2.22. The van der Waals surface area contributed by atoms with E-state index in [4.69, 9.17) is 16.7 Å². The molecule has 0 fully saturated rings. The molecule has 0 saturated heterocycles. The van der Waals surface area contributed by atoms with Crippen LogP contribution in [0.15, 0.2) is 27.8 Å². The van der Waals surface area contributed by atoms with Gasteiger partial charge in [-0.2, -0.15) is 0 Å². The minimum absolute atomic E-state index is 0.277. The van der Waals surface area contributed by atoms with Gasteiger partial charge in [0, 0.05) is 16.6 Å². The van der Waals surface area contributed by atoms with Crippen molar-refractivity contribution in [2.75, 3.05) is 0 Å². The third-order valence-corrected chi connectivity index (χ3v) is 4.59. The fraction of sp³-hybridized carbons (Fsp3) is 0.200. The highest BCUT2D eigenvalue weighted by molar-refractivity contribution is 9.10. The van der Waals surface area contributed by atoms with Gasteiger partial charge < -0.3 is 0 Å². The zero-order valence-corrected chi connectivity index (χ0v) is 13.0. The van der Waals surface area contributed by atoms with Gasteiger partial charge in [-0.3, -0.25) is 4.57 Å². The van der Waals surface area contributed by atoms with E-state index in [2.05, 4.69) is 26.1 Å². The van der Waals surface area contributed by atoms with Crippen LogP contribution in [0.25, 0.3) is 11.4 Å². The van der Waals surface area contributed by atoms with Crippen LogP contribution in [0.4, 0.5) is 0 Å². The summed E-state index contributed by atoms with van der Waals surface area (Å²) in [5, 5.41) is 12.8. The highest BCUT2D eigenvalue weighted by Crippen LogP contribution is 2.33. The summed E-state index contributed by atoms with van der Waals surface area (Å²) < 4.78 is 24.9. The molecule has 2 rings (SSSR count). The van der Waals surface area contributed by atoms with Crippen molar-refractivity contribution >= 4 is 37.6 Å². The molecule has 0 spiro atoms. The second-order valence-corrected chi connectivity index (χ2v) is 6.38. The van der Waals surface area contributed by atoms with E-state index in [1.807, 2.05) is 0 Å². The summed E-state index contributed by atoms with van der Waals surface area (Å²) in [4.78, 5) is 0. The summed E-state index contributed by atoms with van der Waals surface area (Å²) in [6.45, 7) is 2.13.